The molecule has 2 heterocycles. The summed E-state index contributed by atoms with van der Waals surface area (Å²) in [6, 6.07) is 10.1. The summed E-state index contributed by atoms with van der Waals surface area (Å²) >= 11 is 0. The Morgan fingerprint density at radius 3 is 2.26 bits per heavy atom. The largest absolute Gasteiger partial charge is 0.296 e. The second-order valence-electron chi connectivity index (χ2n) is 6.23. The molecular weight excluding hydrogens is 336 g/mol. The van der Waals surface area contributed by atoms with Crippen molar-refractivity contribution in [3.63, 3.8) is 0 Å². The number of hydrogen-bond donors (Lipinski definition) is 0. The number of sulfonamides is 1. The molecule has 23 heavy (non-hydrogen) atoms. The van der Waals surface area contributed by atoms with Gasteiger partial charge in [0.05, 0.1) is 16.8 Å². The van der Waals surface area contributed by atoms with E-state index in [9.17, 15) is 16.8 Å². The fourth-order valence-corrected chi connectivity index (χ4v) is 7.70. The molecule has 2 aliphatic heterocycles. The molecule has 1 aromatic carbocycles. The zero-order chi connectivity index (χ0) is 16.5. The summed E-state index contributed by atoms with van der Waals surface area (Å²) in [5.74, 6) is -0.232. The van der Waals surface area contributed by atoms with Gasteiger partial charge < -0.3 is 0 Å². The minimum Gasteiger partial charge on any atom is -0.296 e. The number of hydrogen-bond acceptors (Lipinski definition) is 5. The van der Waals surface area contributed by atoms with Gasteiger partial charge in [-0.3, -0.25) is 4.90 Å². The van der Waals surface area contributed by atoms with Crippen LogP contribution in [0.15, 0.2) is 30.3 Å². The predicted molar refractivity (Wildman–Crippen MR) is 89.3 cm³/mol. The van der Waals surface area contributed by atoms with Crippen LogP contribution in [0.3, 0.4) is 0 Å². The summed E-state index contributed by atoms with van der Waals surface area (Å²) in [6.45, 7) is 3.03. The first-order valence-corrected chi connectivity index (χ1v) is 11.1. The topological polar surface area (TPSA) is 74.8 Å². The Labute approximate surface area is 138 Å². The van der Waals surface area contributed by atoms with E-state index < -0.39 is 25.1 Å². The van der Waals surface area contributed by atoms with Crippen molar-refractivity contribution in [1.29, 1.82) is 0 Å². The highest BCUT2D eigenvalue weighted by atomic mass is 32.2. The first kappa shape index (κ1) is 16.9. The van der Waals surface area contributed by atoms with Crippen LogP contribution in [-0.4, -0.2) is 69.0 Å². The second-order valence-corrected chi connectivity index (χ2v) is 10.7. The van der Waals surface area contributed by atoms with Gasteiger partial charge in [-0.2, -0.15) is 4.31 Å². The van der Waals surface area contributed by atoms with Crippen LogP contribution in [-0.2, 0) is 26.4 Å². The van der Waals surface area contributed by atoms with Crippen LogP contribution in [0, 0.1) is 0 Å². The highest BCUT2D eigenvalue weighted by Gasteiger charge is 2.41. The van der Waals surface area contributed by atoms with E-state index >= 15 is 0 Å². The number of sulfone groups is 1. The average Bonchev–Trinajstić information content (AvgIpc) is 2.90. The molecule has 2 aliphatic rings. The molecule has 0 aliphatic carbocycles. The Morgan fingerprint density at radius 1 is 1.04 bits per heavy atom. The van der Waals surface area contributed by atoms with Crippen molar-refractivity contribution in [3.05, 3.63) is 35.9 Å². The molecule has 8 heteroatoms. The first-order chi connectivity index (χ1) is 10.9. The highest BCUT2D eigenvalue weighted by molar-refractivity contribution is 7.95. The van der Waals surface area contributed by atoms with Gasteiger partial charge in [-0.05, 0) is 12.0 Å². The fraction of sp³-hybridized carbons (Fsp3) is 0.600. The van der Waals surface area contributed by atoms with E-state index in [1.807, 2.05) is 18.2 Å². The number of nitrogens with zero attached hydrogens (tertiary/aromatic N) is 2. The lowest BCUT2D eigenvalue weighted by molar-refractivity contribution is 0.181. The summed E-state index contributed by atoms with van der Waals surface area (Å²) in [5, 5.41) is -0.756. The lowest BCUT2D eigenvalue weighted by atomic mass is 10.2. The molecule has 0 saturated carbocycles. The van der Waals surface area contributed by atoms with Crippen LogP contribution in [0.4, 0.5) is 0 Å². The van der Waals surface area contributed by atoms with Gasteiger partial charge in [-0.15, -0.1) is 0 Å². The van der Waals surface area contributed by atoms with Gasteiger partial charge in [0.15, 0.2) is 9.84 Å². The zero-order valence-electron chi connectivity index (χ0n) is 13.0. The van der Waals surface area contributed by atoms with Crippen molar-refractivity contribution in [2.24, 2.45) is 0 Å². The van der Waals surface area contributed by atoms with Crippen LogP contribution >= 0.6 is 0 Å². The smallest absolute Gasteiger partial charge is 0.218 e. The maximum absolute atomic E-state index is 12.6. The van der Waals surface area contributed by atoms with E-state index in [2.05, 4.69) is 17.0 Å². The molecule has 0 bridgehead atoms. The van der Waals surface area contributed by atoms with Crippen molar-refractivity contribution < 1.29 is 16.8 Å². The Hall–Kier alpha value is -0.960. The maximum Gasteiger partial charge on any atom is 0.218 e. The highest BCUT2D eigenvalue weighted by Crippen LogP contribution is 2.23. The summed E-state index contributed by atoms with van der Waals surface area (Å²) in [5.41, 5.74) is 1.21. The molecule has 3 rings (SSSR count). The van der Waals surface area contributed by atoms with Crippen molar-refractivity contribution in [3.8, 4) is 0 Å². The molecule has 0 aromatic heterocycles. The predicted octanol–water partition coefficient (Wildman–Crippen LogP) is 0.321. The Bertz CT molecular complexity index is 739. The summed E-state index contributed by atoms with van der Waals surface area (Å²) in [6.07, 6.45) is 0.231. The van der Waals surface area contributed by atoms with Crippen molar-refractivity contribution >= 4 is 19.9 Å². The van der Waals surface area contributed by atoms with Crippen molar-refractivity contribution in [2.75, 3.05) is 37.7 Å². The molecule has 0 radical (unpaired) electrons. The molecule has 128 valence electrons. The molecule has 1 aromatic rings. The van der Waals surface area contributed by atoms with Crippen LogP contribution in [0.1, 0.15) is 12.0 Å². The number of piperazine rings is 1. The molecular formula is C15H22N2O4S2. The fourth-order valence-electron chi connectivity index (χ4n) is 3.19. The monoisotopic (exact) mass is 358 g/mol. The number of rotatable bonds is 4. The van der Waals surface area contributed by atoms with Gasteiger partial charge in [0.2, 0.25) is 10.0 Å². The van der Waals surface area contributed by atoms with E-state index in [4.69, 9.17) is 0 Å². The van der Waals surface area contributed by atoms with Gasteiger partial charge in [0, 0.05) is 32.7 Å². The van der Waals surface area contributed by atoms with Crippen LogP contribution in [0.5, 0.6) is 0 Å². The molecule has 0 amide bonds. The third-order valence-electron chi connectivity index (χ3n) is 4.55. The van der Waals surface area contributed by atoms with Gasteiger partial charge in [-0.1, -0.05) is 30.3 Å². The quantitative estimate of drug-likeness (QED) is 0.775. The van der Waals surface area contributed by atoms with E-state index in [-0.39, 0.29) is 17.9 Å². The van der Waals surface area contributed by atoms with E-state index in [1.165, 1.54) is 9.87 Å². The van der Waals surface area contributed by atoms with Crippen LogP contribution in [0.25, 0.3) is 0 Å². The molecule has 6 nitrogen and oxygen atoms in total. The van der Waals surface area contributed by atoms with Crippen LogP contribution in [0.2, 0.25) is 0 Å². The van der Waals surface area contributed by atoms with E-state index in [0.717, 1.165) is 6.54 Å². The lowest BCUT2D eigenvalue weighted by Gasteiger charge is -2.35. The zero-order valence-corrected chi connectivity index (χ0v) is 14.6. The Balaban J connectivity index is 1.58. The van der Waals surface area contributed by atoms with E-state index in [0.29, 0.717) is 26.2 Å². The summed E-state index contributed by atoms with van der Waals surface area (Å²) in [4.78, 5) is 2.23. The standard InChI is InChI=1S/C15H22N2O4S2/c18-22(19)11-6-15(13-22)23(20,21)17-9-7-16(8-10-17)12-14-4-2-1-3-5-14/h1-5,15H,6-13H2/t15-/m1/s1. The Kier molecular flexibility index (Phi) is 4.78. The van der Waals surface area contributed by atoms with Crippen molar-refractivity contribution in [2.45, 2.75) is 18.2 Å². The van der Waals surface area contributed by atoms with Crippen molar-refractivity contribution in [1.82, 2.24) is 9.21 Å². The molecule has 0 N–H and O–H groups in total. The molecule has 0 unspecified atom stereocenters. The Morgan fingerprint density at radius 2 is 1.70 bits per heavy atom. The minimum absolute atomic E-state index is 0.00906. The maximum atomic E-state index is 12.6. The van der Waals surface area contributed by atoms with Gasteiger partial charge in [-0.25, -0.2) is 16.8 Å². The third-order valence-corrected chi connectivity index (χ3v) is 8.86. The molecule has 0 spiro atoms. The molecule has 2 saturated heterocycles. The van der Waals surface area contributed by atoms with Gasteiger partial charge in [0.1, 0.15) is 0 Å². The summed E-state index contributed by atoms with van der Waals surface area (Å²) < 4.78 is 49.7. The molecule has 2 fully saturated rings. The first-order valence-electron chi connectivity index (χ1n) is 7.82. The molecule has 1 atom stereocenters. The third kappa shape index (κ3) is 3.93. The van der Waals surface area contributed by atoms with Gasteiger partial charge in [0.25, 0.3) is 0 Å². The van der Waals surface area contributed by atoms with Crippen LogP contribution < -0.4 is 0 Å². The normalized spacial score (nSPS) is 26.3. The van der Waals surface area contributed by atoms with Gasteiger partial charge >= 0.3 is 0 Å². The SMILES string of the molecule is O=S1(=O)CC[C@@H](S(=O)(=O)N2CCN(Cc3ccccc3)CC2)C1. The van der Waals surface area contributed by atoms with E-state index in [1.54, 1.807) is 0 Å². The summed E-state index contributed by atoms with van der Waals surface area (Å²) in [7, 11) is -6.69. The minimum atomic E-state index is -3.50. The lowest BCUT2D eigenvalue weighted by Crippen LogP contribution is -2.50. The second kappa shape index (κ2) is 6.51. The average molecular weight is 358 g/mol. The number of benzene rings is 1.